The number of Topliss-reactive ketones (excluding diaryl/α,β-unsaturated/α-hetero) is 1. The zero-order valence-corrected chi connectivity index (χ0v) is 11.3. The van der Waals surface area contributed by atoms with Crippen molar-refractivity contribution in [2.24, 2.45) is 0 Å². The summed E-state index contributed by atoms with van der Waals surface area (Å²) in [4.78, 5) is 25.1. The van der Waals surface area contributed by atoms with Crippen LogP contribution in [0.1, 0.15) is 24.2 Å². The van der Waals surface area contributed by atoms with Crippen LogP contribution in [0.25, 0.3) is 0 Å². The molecule has 0 bridgehead atoms. The van der Waals surface area contributed by atoms with Crippen molar-refractivity contribution in [2.75, 3.05) is 26.2 Å². The number of ketones is 1. The van der Waals surface area contributed by atoms with Crippen molar-refractivity contribution in [3.05, 3.63) is 35.6 Å². The number of rotatable bonds is 7. The molecule has 0 aliphatic rings. The molecule has 0 radical (unpaired) electrons. The second-order valence-corrected chi connectivity index (χ2v) is 4.16. The fourth-order valence-electron chi connectivity index (χ4n) is 1.71. The van der Waals surface area contributed by atoms with E-state index in [2.05, 4.69) is 5.32 Å². The van der Waals surface area contributed by atoms with Gasteiger partial charge in [-0.05, 0) is 25.6 Å². The lowest BCUT2D eigenvalue weighted by Gasteiger charge is -2.18. The van der Waals surface area contributed by atoms with Gasteiger partial charge in [-0.25, -0.2) is 4.39 Å². The summed E-state index contributed by atoms with van der Waals surface area (Å²) in [7, 11) is 0. The second kappa shape index (κ2) is 7.63. The first-order chi connectivity index (χ1) is 9.08. The van der Waals surface area contributed by atoms with Gasteiger partial charge in [0.1, 0.15) is 5.82 Å². The van der Waals surface area contributed by atoms with E-state index in [4.69, 9.17) is 0 Å². The third-order valence-electron chi connectivity index (χ3n) is 2.73. The molecule has 19 heavy (non-hydrogen) atoms. The number of benzene rings is 1. The zero-order chi connectivity index (χ0) is 14.3. The molecule has 0 unspecified atom stereocenters. The molecular weight excluding hydrogens is 247 g/mol. The van der Waals surface area contributed by atoms with E-state index in [0.717, 1.165) is 0 Å². The minimum absolute atomic E-state index is 0.0363. The Morgan fingerprint density at radius 2 is 1.89 bits per heavy atom. The van der Waals surface area contributed by atoms with Gasteiger partial charge in [0.15, 0.2) is 5.78 Å². The van der Waals surface area contributed by atoms with Crippen molar-refractivity contribution >= 4 is 11.7 Å². The molecular formula is C14H19FN2O2. The highest BCUT2D eigenvalue weighted by molar-refractivity contribution is 5.98. The number of nitrogens with one attached hydrogen (secondary N) is 1. The number of hydrogen-bond acceptors (Lipinski definition) is 3. The lowest BCUT2D eigenvalue weighted by atomic mass is 10.1. The molecule has 1 aromatic rings. The van der Waals surface area contributed by atoms with Gasteiger partial charge < -0.3 is 5.32 Å². The largest absolute Gasteiger partial charge is 0.355 e. The highest BCUT2D eigenvalue weighted by Gasteiger charge is 2.16. The standard InChI is InChI=1S/C14H19FN2O2/c1-3-16-14(19)10-17(4-2)9-13(18)11-7-5-6-8-12(11)15/h5-8H,3-4,9-10H2,1-2H3,(H,16,19). The molecule has 0 heterocycles. The molecule has 1 amide bonds. The Bertz CT molecular complexity index is 449. The Labute approximate surface area is 112 Å². The summed E-state index contributed by atoms with van der Waals surface area (Å²) in [5.74, 6) is -0.975. The Morgan fingerprint density at radius 3 is 2.47 bits per heavy atom. The molecule has 0 atom stereocenters. The van der Waals surface area contributed by atoms with Crippen LogP contribution in [0.4, 0.5) is 4.39 Å². The molecule has 5 heteroatoms. The first-order valence-electron chi connectivity index (χ1n) is 6.35. The minimum Gasteiger partial charge on any atom is -0.355 e. The van der Waals surface area contributed by atoms with Gasteiger partial charge in [0.2, 0.25) is 5.91 Å². The van der Waals surface area contributed by atoms with E-state index in [1.165, 1.54) is 12.1 Å². The van der Waals surface area contributed by atoms with Gasteiger partial charge in [0, 0.05) is 6.54 Å². The van der Waals surface area contributed by atoms with E-state index >= 15 is 0 Å². The van der Waals surface area contributed by atoms with Crippen LogP contribution in [-0.2, 0) is 4.79 Å². The zero-order valence-electron chi connectivity index (χ0n) is 11.3. The fraction of sp³-hybridized carbons (Fsp3) is 0.429. The Morgan fingerprint density at radius 1 is 1.21 bits per heavy atom. The van der Waals surface area contributed by atoms with Gasteiger partial charge in [-0.15, -0.1) is 0 Å². The lowest BCUT2D eigenvalue weighted by molar-refractivity contribution is -0.121. The number of carbonyl (C=O) groups is 2. The Hall–Kier alpha value is -1.75. The Balaban J connectivity index is 2.63. The summed E-state index contributed by atoms with van der Waals surface area (Å²) in [6, 6.07) is 5.87. The van der Waals surface area contributed by atoms with Crippen LogP contribution in [0.5, 0.6) is 0 Å². The normalized spacial score (nSPS) is 10.5. The van der Waals surface area contributed by atoms with Crippen molar-refractivity contribution in [1.29, 1.82) is 0 Å². The van der Waals surface area contributed by atoms with E-state index < -0.39 is 5.82 Å². The van der Waals surface area contributed by atoms with Crippen molar-refractivity contribution < 1.29 is 14.0 Å². The summed E-state index contributed by atoms with van der Waals surface area (Å²) in [5.41, 5.74) is 0.0665. The number of carbonyl (C=O) groups excluding carboxylic acids is 2. The number of nitrogens with zero attached hydrogens (tertiary/aromatic N) is 1. The number of hydrogen-bond donors (Lipinski definition) is 1. The number of halogens is 1. The first kappa shape index (κ1) is 15.3. The maximum Gasteiger partial charge on any atom is 0.234 e. The van der Waals surface area contributed by atoms with E-state index in [-0.39, 0.29) is 30.3 Å². The number of amides is 1. The monoisotopic (exact) mass is 266 g/mol. The summed E-state index contributed by atoms with van der Waals surface area (Å²) in [6.07, 6.45) is 0. The van der Waals surface area contributed by atoms with Crippen LogP contribution in [0.15, 0.2) is 24.3 Å². The summed E-state index contributed by atoms with van der Waals surface area (Å²) < 4.78 is 13.5. The van der Waals surface area contributed by atoms with Crippen LogP contribution in [0, 0.1) is 5.82 Å². The predicted molar refractivity (Wildman–Crippen MR) is 71.5 cm³/mol. The molecule has 0 spiro atoms. The molecule has 0 saturated carbocycles. The van der Waals surface area contributed by atoms with Crippen molar-refractivity contribution in [3.63, 3.8) is 0 Å². The van der Waals surface area contributed by atoms with Crippen LogP contribution < -0.4 is 5.32 Å². The maximum atomic E-state index is 13.5. The van der Waals surface area contributed by atoms with Gasteiger partial charge in [0.25, 0.3) is 0 Å². The van der Waals surface area contributed by atoms with Crippen LogP contribution >= 0.6 is 0 Å². The van der Waals surface area contributed by atoms with Crippen LogP contribution in [-0.4, -0.2) is 42.8 Å². The average molecular weight is 266 g/mol. The van der Waals surface area contributed by atoms with Crippen molar-refractivity contribution in [1.82, 2.24) is 10.2 Å². The van der Waals surface area contributed by atoms with Gasteiger partial charge in [0.05, 0.1) is 18.7 Å². The fourth-order valence-corrected chi connectivity index (χ4v) is 1.71. The molecule has 1 aromatic carbocycles. The number of likely N-dealkylation sites (N-methyl/N-ethyl adjacent to an activating group) is 2. The van der Waals surface area contributed by atoms with Crippen LogP contribution in [0.3, 0.4) is 0 Å². The highest BCUT2D eigenvalue weighted by atomic mass is 19.1. The van der Waals surface area contributed by atoms with E-state index in [0.29, 0.717) is 13.1 Å². The highest BCUT2D eigenvalue weighted by Crippen LogP contribution is 2.08. The van der Waals surface area contributed by atoms with E-state index in [9.17, 15) is 14.0 Å². The molecule has 0 aliphatic carbocycles. The van der Waals surface area contributed by atoms with Crippen molar-refractivity contribution in [2.45, 2.75) is 13.8 Å². The van der Waals surface area contributed by atoms with E-state index in [1.54, 1.807) is 17.0 Å². The molecule has 0 aliphatic heterocycles. The summed E-state index contributed by atoms with van der Waals surface area (Å²) in [5, 5.41) is 2.67. The second-order valence-electron chi connectivity index (χ2n) is 4.16. The van der Waals surface area contributed by atoms with Crippen molar-refractivity contribution in [3.8, 4) is 0 Å². The molecule has 104 valence electrons. The minimum atomic E-state index is -0.526. The lowest BCUT2D eigenvalue weighted by Crippen LogP contribution is -2.39. The third kappa shape index (κ3) is 4.79. The summed E-state index contributed by atoms with van der Waals surface area (Å²) >= 11 is 0. The molecule has 0 fully saturated rings. The molecule has 0 saturated heterocycles. The van der Waals surface area contributed by atoms with Gasteiger partial charge in [-0.1, -0.05) is 19.1 Å². The van der Waals surface area contributed by atoms with Gasteiger partial charge >= 0.3 is 0 Å². The SMILES string of the molecule is CCNC(=O)CN(CC)CC(=O)c1ccccc1F. The Kier molecular flexibility index (Phi) is 6.15. The van der Waals surface area contributed by atoms with Gasteiger partial charge in [-0.2, -0.15) is 0 Å². The average Bonchev–Trinajstić information content (AvgIpc) is 2.38. The summed E-state index contributed by atoms with van der Waals surface area (Å²) in [6.45, 7) is 4.97. The van der Waals surface area contributed by atoms with E-state index in [1.807, 2.05) is 13.8 Å². The maximum absolute atomic E-state index is 13.5. The molecule has 1 N–H and O–H groups in total. The first-order valence-corrected chi connectivity index (χ1v) is 6.35. The molecule has 0 aromatic heterocycles. The third-order valence-corrected chi connectivity index (χ3v) is 2.73. The predicted octanol–water partition coefficient (Wildman–Crippen LogP) is 1.47. The molecule has 1 rings (SSSR count). The van der Waals surface area contributed by atoms with Crippen LogP contribution in [0.2, 0.25) is 0 Å². The molecule has 4 nitrogen and oxygen atoms in total. The smallest absolute Gasteiger partial charge is 0.234 e. The topological polar surface area (TPSA) is 49.4 Å². The van der Waals surface area contributed by atoms with Gasteiger partial charge in [-0.3, -0.25) is 14.5 Å². The quantitative estimate of drug-likeness (QED) is 0.760.